The van der Waals surface area contributed by atoms with Crippen molar-refractivity contribution in [3.63, 3.8) is 0 Å². The van der Waals surface area contributed by atoms with Gasteiger partial charge < -0.3 is 20.3 Å². The molecule has 0 radical (unpaired) electrons. The Morgan fingerprint density at radius 3 is 2.43 bits per heavy atom. The molecule has 0 unspecified atom stereocenters. The topological polar surface area (TPSA) is 70.7 Å². The van der Waals surface area contributed by atoms with Gasteiger partial charge in [0.05, 0.1) is 18.5 Å². The molecule has 146 valence electrons. The van der Waals surface area contributed by atoms with Gasteiger partial charge >= 0.3 is 6.03 Å². The molecule has 7 heteroatoms. The Morgan fingerprint density at radius 2 is 1.75 bits per heavy atom. The van der Waals surface area contributed by atoms with Crippen LogP contribution in [-0.2, 0) is 4.79 Å². The zero-order chi connectivity index (χ0) is 19.9. The van der Waals surface area contributed by atoms with Gasteiger partial charge in [0.15, 0.2) is 0 Å². The first-order valence-electron chi connectivity index (χ1n) is 9.04. The van der Waals surface area contributed by atoms with E-state index >= 15 is 0 Å². The van der Waals surface area contributed by atoms with Crippen molar-refractivity contribution in [3.05, 3.63) is 58.6 Å². The van der Waals surface area contributed by atoms with Crippen LogP contribution in [0.25, 0.3) is 6.08 Å². The molecule has 0 bridgehead atoms. The molecule has 1 aliphatic rings. The third kappa shape index (κ3) is 5.13. The molecule has 1 fully saturated rings. The third-order valence-corrected chi connectivity index (χ3v) is 4.92. The highest BCUT2D eigenvalue weighted by Crippen LogP contribution is 2.25. The first-order valence-corrected chi connectivity index (χ1v) is 9.83. The molecular weight excluding hydrogens is 422 g/mol. The minimum atomic E-state index is -0.301. The summed E-state index contributed by atoms with van der Waals surface area (Å²) in [5.41, 5.74) is 1.90. The van der Waals surface area contributed by atoms with Gasteiger partial charge in [0, 0.05) is 29.2 Å². The lowest BCUT2D eigenvalue weighted by molar-refractivity contribution is -0.111. The van der Waals surface area contributed by atoms with E-state index in [-0.39, 0.29) is 11.9 Å². The summed E-state index contributed by atoms with van der Waals surface area (Å²) in [4.78, 5) is 26.5. The van der Waals surface area contributed by atoms with E-state index in [0.29, 0.717) is 17.1 Å². The van der Waals surface area contributed by atoms with Gasteiger partial charge in [-0.15, -0.1) is 0 Å². The number of methoxy groups -OCH3 is 1. The van der Waals surface area contributed by atoms with Crippen molar-refractivity contribution in [2.75, 3.05) is 30.8 Å². The fourth-order valence-corrected chi connectivity index (χ4v) is 3.37. The molecule has 28 heavy (non-hydrogen) atoms. The Hall–Kier alpha value is -2.80. The van der Waals surface area contributed by atoms with E-state index in [0.717, 1.165) is 36.0 Å². The van der Waals surface area contributed by atoms with Crippen LogP contribution in [0.1, 0.15) is 18.4 Å². The normalized spacial score (nSPS) is 13.6. The van der Waals surface area contributed by atoms with E-state index in [2.05, 4.69) is 26.6 Å². The highest BCUT2D eigenvalue weighted by Gasteiger charge is 2.18. The van der Waals surface area contributed by atoms with Crippen molar-refractivity contribution in [2.45, 2.75) is 12.8 Å². The van der Waals surface area contributed by atoms with Crippen molar-refractivity contribution >= 4 is 45.3 Å². The van der Waals surface area contributed by atoms with Crippen LogP contribution in [0.2, 0.25) is 0 Å². The Kier molecular flexibility index (Phi) is 6.71. The number of hydrogen-bond donors (Lipinski definition) is 2. The summed E-state index contributed by atoms with van der Waals surface area (Å²) >= 11 is 3.41. The molecule has 1 aliphatic heterocycles. The molecule has 0 atom stereocenters. The van der Waals surface area contributed by atoms with Crippen molar-refractivity contribution in [3.8, 4) is 5.75 Å². The van der Waals surface area contributed by atoms with E-state index in [9.17, 15) is 9.59 Å². The van der Waals surface area contributed by atoms with Crippen molar-refractivity contribution < 1.29 is 14.3 Å². The molecule has 2 N–H and O–H groups in total. The number of nitrogens with one attached hydrogen (secondary N) is 2. The van der Waals surface area contributed by atoms with Crippen molar-refractivity contribution in [2.24, 2.45) is 0 Å². The second-order valence-corrected chi connectivity index (χ2v) is 7.29. The standard InChI is InChI=1S/C21H22BrN3O3/c1-28-19-10-9-16(22)14-15(19)8-11-20(26)23-17-6-2-3-7-18(17)24-21(27)25-12-4-5-13-25/h2-3,6-11,14H,4-5,12-13H2,1H3,(H,23,26)(H,24,27). The fraction of sp³-hybridized carbons (Fsp3) is 0.238. The van der Waals surface area contributed by atoms with E-state index in [4.69, 9.17) is 4.74 Å². The van der Waals surface area contributed by atoms with Gasteiger partial charge in [-0.25, -0.2) is 4.79 Å². The summed E-state index contributed by atoms with van der Waals surface area (Å²) in [6.45, 7) is 1.52. The minimum Gasteiger partial charge on any atom is -0.496 e. The second kappa shape index (κ2) is 9.41. The second-order valence-electron chi connectivity index (χ2n) is 6.38. The molecule has 1 saturated heterocycles. The quantitative estimate of drug-likeness (QED) is 0.655. The average molecular weight is 444 g/mol. The van der Waals surface area contributed by atoms with Crippen LogP contribution in [0.3, 0.4) is 0 Å². The molecule has 2 aromatic rings. The first-order chi connectivity index (χ1) is 13.6. The predicted molar refractivity (Wildman–Crippen MR) is 115 cm³/mol. The number of urea groups is 1. The number of halogens is 1. The van der Waals surface area contributed by atoms with Crippen LogP contribution >= 0.6 is 15.9 Å². The summed E-state index contributed by atoms with van der Waals surface area (Å²) < 4.78 is 6.20. The average Bonchev–Trinajstić information content (AvgIpc) is 3.23. The predicted octanol–water partition coefficient (Wildman–Crippen LogP) is 4.74. The molecule has 6 nitrogen and oxygen atoms in total. The maximum absolute atomic E-state index is 12.4. The minimum absolute atomic E-state index is 0.145. The van der Waals surface area contributed by atoms with Gasteiger partial charge in [-0.05, 0) is 49.2 Å². The van der Waals surface area contributed by atoms with Crippen LogP contribution in [0.15, 0.2) is 53.0 Å². The smallest absolute Gasteiger partial charge is 0.321 e. The molecule has 3 amide bonds. The highest BCUT2D eigenvalue weighted by molar-refractivity contribution is 9.10. The van der Waals surface area contributed by atoms with E-state index < -0.39 is 0 Å². The number of benzene rings is 2. The van der Waals surface area contributed by atoms with Crippen LogP contribution < -0.4 is 15.4 Å². The van der Waals surface area contributed by atoms with Crippen LogP contribution in [0.4, 0.5) is 16.2 Å². The lowest BCUT2D eigenvalue weighted by Crippen LogP contribution is -2.32. The van der Waals surface area contributed by atoms with Gasteiger partial charge in [-0.3, -0.25) is 4.79 Å². The van der Waals surface area contributed by atoms with E-state index in [1.54, 1.807) is 30.2 Å². The number of ether oxygens (including phenoxy) is 1. The molecule has 0 aliphatic carbocycles. The maximum atomic E-state index is 12.4. The molecule has 3 rings (SSSR count). The number of likely N-dealkylation sites (tertiary alicyclic amines) is 1. The highest BCUT2D eigenvalue weighted by atomic mass is 79.9. The zero-order valence-corrected chi connectivity index (χ0v) is 17.2. The number of hydrogen-bond acceptors (Lipinski definition) is 3. The van der Waals surface area contributed by atoms with Crippen molar-refractivity contribution in [1.82, 2.24) is 4.90 Å². The largest absolute Gasteiger partial charge is 0.496 e. The van der Waals surface area contributed by atoms with Crippen molar-refractivity contribution in [1.29, 1.82) is 0 Å². The van der Waals surface area contributed by atoms with Crippen LogP contribution in [0.5, 0.6) is 5.75 Å². The molecular formula is C21H22BrN3O3. The number of rotatable bonds is 5. The van der Waals surface area contributed by atoms with Gasteiger partial charge in [0.2, 0.25) is 5.91 Å². The van der Waals surface area contributed by atoms with Gasteiger partial charge in [0.1, 0.15) is 5.75 Å². The molecule has 0 saturated carbocycles. The summed E-state index contributed by atoms with van der Waals surface area (Å²) in [5.74, 6) is 0.371. The lowest BCUT2D eigenvalue weighted by Gasteiger charge is -2.18. The summed E-state index contributed by atoms with van der Waals surface area (Å²) in [6.07, 6.45) is 5.17. The molecule has 0 spiro atoms. The van der Waals surface area contributed by atoms with Gasteiger partial charge in [0.25, 0.3) is 0 Å². The number of amides is 3. The number of carbonyl (C=O) groups excluding carboxylic acids is 2. The number of para-hydroxylation sites is 2. The van der Waals surface area contributed by atoms with Gasteiger partial charge in [-0.2, -0.15) is 0 Å². The maximum Gasteiger partial charge on any atom is 0.321 e. The SMILES string of the molecule is COc1ccc(Br)cc1C=CC(=O)Nc1ccccc1NC(=O)N1CCCC1. The Morgan fingerprint density at radius 1 is 1.07 bits per heavy atom. The van der Waals surface area contributed by atoms with Gasteiger partial charge in [-0.1, -0.05) is 28.1 Å². The fourth-order valence-electron chi connectivity index (χ4n) is 2.99. The number of carbonyl (C=O) groups is 2. The Labute approximate surface area is 172 Å². The number of anilines is 2. The van der Waals surface area contributed by atoms with Crippen LogP contribution in [0, 0.1) is 0 Å². The third-order valence-electron chi connectivity index (χ3n) is 4.43. The monoisotopic (exact) mass is 443 g/mol. The summed E-state index contributed by atoms with van der Waals surface area (Å²) in [7, 11) is 1.58. The molecule has 1 heterocycles. The van der Waals surface area contributed by atoms with E-state index in [1.807, 2.05) is 30.3 Å². The number of nitrogens with zero attached hydrogens (tertiary/aromatic N) is 1. The first kappa shape index (κ1) is 19.9. The zero-order valence-electron chi connectivity index (χ0n) is 15.6. The summed E-state index contributed by atoms with van der Waals surface area (Å²) in [6, 6.07) is 12.6. The Balaban J connectivity index is 1.69. The van der Waals surface area contributed by atoms with Crippen LogP contribution in [-0.4, -0.2) is 37.0 Å². The Bertz CT molecular complexity index is 892. The lowest BCUT2D eigenvalue weighted by atomic mass is 10.2. The summed E-state index contributed by atoms with van der Waals surface area (Å²) in [5, 5.41) is 5.70. The van der Waals surface area contributed by atoms with E-state index in [1.165, 1.54) is 6.08 Å². The molecule has 2 aromatic carbocycles. The molecule has 0 aromatic heterocycles.